The number of ether oxygens (including phenoxy) is 1. The molecule has 96 valence electrons. The molecule has 4 heteroatoms. The van der Waals surface area contributed by atoms with Gasteiger partial charge in [-0.1, -0.05) is 50.1 Å². The van der Waals surface area contributed by atoms with Gasteiger partial charge in [0.05, 0.1) is 6.61 Å². The van der Waals surface area contributed by atoms with Crippen molar-refractivity contribution in [3.63, 3.8) is 0 Å². The van der Waals surface area contributed by atoms with Gasteiger partial charge in [-0.05, 0) is 18.4 Å². The van der Waals surface area contributed by atoms with Crippen molar-refractivity contribution in [2.24, 2.45) is 5.92 Å². The summed E-state index contributed by atoms with van der Waals surface area (Å²) < 4.78 is 5.76. The Hall–Kier alpha value is -1.35. The first-order valence-corrected chi connectivity index (χ1v) is 6.64. The Morgan fingerprint density at radius 1 is 1.22 bits per heavy atom. The zero-order valence-electron chi connectivity index (χ0n) is 10.7. The molecule has 1 atom stereocenters. The van der Waals surface area contributed by atoms with Gasteiger partial charge in [0.1, 0.15) is 0 Å². The Labute approximate surface area is 112 Å². The fraction of sp³-hybridized carbons (Fsp3) is 0.429. The smallest absolute Gasteiger partial charge is 0.241 e. The van der Waals surface area contributed by atoms with Gasteiger partial charge in [0.2, 0.25) is 5.88 Å². The summed E-state index contributed by atoms with van der Waals surface area (Å²) in [5.74, 6) is 1.09. The van der Waals surface area contributed by atoms with Crippen LogP contribution in [0.1, 0.15) is 26.7 Å². The summed E-state index contributed by atoms with van der Waals surface area (Å²) in [7, 11) is 0. The molecule has 0 N–H and O–H groups in total. The molecule has 2 aromatic rings. The minimum Gasteiger partial charge on any atom is -0.476 e. The summed E-state index contributed by atoms with van der Waals surface area (Å²) in [5.41, 5.74) is 0. The normalized spacial score (nSPS) is 12.6. The topological polar surface area (TPSA) is 35.0 Å². The molecule has 0 bridgehead atoms. The zero-order valence-corrected chi connectivity index (χ0v) is 11.4. The maximum atomic E-state index is 6.01. The summed E-state index contributed by atoms with van der Waals surface area (Å²) in [6.07, 6.45) is 2.32. The van der Waals surface area contributed by atoms with E-state index in [1.165, 1.54) is 0 Å². The maximum absolute atomic E-state index is 6.01. The number of rotatable bonds is 5. The Kier molecular flexibility index (Phi) is 4.37. The molecule has 0 amide bonds. The number of nitrogens with zero attached hydrogens (tertiary/aromatic N) is 2. The second kappa shape index (κ2) is 6.01. The lowest BCUT2D eigenvalue weighted by Crippen LogP contribution is -2.09. The molecule has 0 radical (unpaired) electrons. The molecule has 0 aliphatic heterocycles. The SMILES string of the molecule is CCCC(C)COc1nnc(Cl)c2ccccc12. The van der Waals surface area contributed by atoms with E-state index in [-0.39, 0.29) is 0 Å². The molecular weight excluding hydrogens is 248 g/mol. The largest absolute Gasteiger partial charge is 0.476 e. The first kappa shape index (κ1) is 13.1. The number of aromatic nitrogens is 2. The Morgan fingerprint density at radius 2 is 1.94 bits per heavy atom. The molecule has 0 aliphatic rings. The predicted octanol–water partition coefficient (Wildman–Crippen LogP) is 4.10. The van der Waals surface area contributed by atoms with Gasteiger partial charge in [0, 0.05) is 10.8 Å². The van der Waals surface area contributed by atoms with Crippen LogP contribution in [-0.4, -0.2) is 16.8 Å². The summed E-state index contributed by atoms with van der Waals surface area (Å²) in [5, 5.41) is 10.2. The Morgan fingerprint density at radius 3 is 2.67 bits per heavy atom. The highest BCUT2D eigenvalue weighted by atomic mass is 35.5. The van der Waals surface area contributed by atoms with Crippen molar-refractivity contribution in [1.29, 1.82) is 0 Å². The number of hydrogen-bond acceptors (Lipinski definition) is 3. The van der Waals surface area contributed by atoms with E-state index in [1.807, 2.05) is 24.3 Å². The van der Waals surface area contributed by atoms with E-state index in [0.29, 0.717) is 23.6 Å². The second-order valence-electron chi connectivity index (χ2n) is 4.55. The van der Waals surface area contributed by atoms with Gasteiger partial charge in [0.15, 0.2) is 5.15 Å². The predicted molar refractivity (Wildman–Crippen MR) is 74.1 cm³/mol. The lowest BCUT2D eigenvalue weighted by molar-refractivity contribution is 0.244. The highest BCUT2D eigenvalue weighted by Crippen LogP contribution is 2.27. The number of benzene rings is 1. The van der Waals surface area contributed by atoms with Crippen LogP contribution in [0, 0.1) is 5.92 Å². The molecule has 1 aromatic carbocycles. The average Bonchev–Trinajstić information content (AvgIpc) is 2.39. The van der Waals surface area contributed by atoms with E-state index in [9.17, 15) is 0 Å². The van der Waals surface area contributed by atoms with Crippen LogP contribution in [0.5, 0.6) is 5.88 Å². The maximum Gasteiger partial charge on any atom is 0.241 e. The molecule has 18 heavy (non-hydrogen) atoms. The summed E-state index contributed by atoms with van der Waals surface area (Å²) >= 11 is 6.01. The molecule has 0 aliphatic carbocycles. The zero-order chi connectivity index (χ0) is 13.0. The van der Waals surface area contributed by atoms with Crippen molar-refractivity contribution >= 4 is 22.4 Å². The molecular formula is C14H17ClN2O. The van der Waals surface area contributed by atoms with Crippen molar-refractivity contribution < 1.29 is 4.74 Å². The summed E-state index contributed by atoms with van der Waals surface area (Å²) in [6.45, 7) is 5.01. The molecule has 0 saturated carbocycles. The van der Waals surface area contributed by atoms with Crippen molar-refractivity contribution in [3.05, 3.63) is 29.4 Å². The van der Waals surface area contributed by atoms with Gasteiger partial charge in [-0.25, -0.2) is 0 Å². The summed E-state index contributed by atoms with van der Waals surface area (Å²) in [6, 6.07) is 7.76. The molecule has 0 fully saturated rings. The fourth-order valence-electron chi connectivity index (χ4n) is 1.95. The van der Waals surface area contributed by atoms with Crippen LogP contribution in [0.3, 0.4) is 0 Å². The molecule has 2 rings (SSSR count). The molecule has 0 saturated heterocycles. The van der Waals surface area contributed by atoms with Crippen LogP contribution in [0.4, 0.5) is 0 Å². The average molecular weight is 265 g/mol. The third-order valence-electron chi connectivity index (χ3n) is 2.89. The van der Waals surface area contributed by atoms with E-state index in [1.54, 1.807) is 0 Å². The molecule has 3 nitrogen and oxygen atoms in total. The van der Waals surface area contributed by atoms with Crippen LogP contribution in [0.2, 0.25) is 5.15 Å². The summed E-state index contributed by atoms with van der Waals surface area (Å²) in [4.78, 5) is 0. The van der Waals surface area contributed by atoms with Crippen molar-refractivity contribution in [2.75, 3.05) is 6.61 Å². The van der Waals surface area contributed by atoms with E-state index in [2.05, 4.69) is 24.0 Å². The third kappa shape index (κ3) is 2.91. The highest BCUT2D eigenvalue weighted by Gasteiger charge is 2.09. The second-order valence-corrected chi connectivity index (χ2v) is 4.90. The monoisotopic (exact) mass is 264 g/mol. The van der Waals surface area contributed by atoms with Crippen LogP contribution in [-0.2, 0) is 0 Å². The van der Waals surface area contributed by atoms with Gasteiger partial charge in [-0.15, -0.1) is 10.2 Å². The van der Waals surface area contributed by atoms with E-state index in [0.717, 1.165) is 23.6 Å². The molecule has 1 heterocycles. The number of hydrogen-bond donors (Lipinski definition) is 0. The van der Waals surface area contributed by atoms with Crippen molar-refractivity contribution in [1.82, 2.24) is 10.2 Å². The van der Waals surface area contributed by atoms with Gasteiger partial charge >= 0.3 is 0 Å². The highest BCUT2D eigenvalue weighted by molar-refractivity contribution is 6.34. The van der Waals surface area contributed by atoms with Gasteiger partial charge in [-0.2, -0.15) is 0 Å². The lowest BCUT2D eigenvalue weighted by Gasteiger charge is -2.12. The van der Waals surface area contributed by atoms with Gasteiger partial charge in [-0.3, -0.25) is 0 Å². The Bertz CT molecular complexity index is 530. The minimum atomic E-state index is 0.416. The van der Waals surface area contributed by atoms with Crippen LogP contribution in [0.25, 0.3) is 10.8 Å². The van der Waals surface area contributed by atoms with E-state index >= 15 is 0 Å². The van der Waals surface area contributed by atoms with Crippen molar-refractivity contribution in [3.8, 4) is 5.88 Å². The van der Waals surface area contributed by atoms with E-state index in [4.69, 9.17) is 16.3 Å². The minimum absolute atomic E-state index is 0.416. The quantitative estimate of drug-likeness (QED) is 0.816. The molecule has 1 aromatic heterocycles. The van der Waals surface area contributed by atoms with Crippen LogP contribution >= 0.6 is 11.6 Å². The standard InChI is InChI=1S/C14H17ClN2O/c1-3-6-10(2)9-18-14-12-8-5-4-7-11(12)13(15)16-17-14/h4-5,7-8,10H,3,6,9H2,1-2H3. The molecule has 1 unspecified atom stereocenters. The van der Waals surface area contributed by atoms with Crippen molar-refractivity contribution in [2.45, 2.75) is 26.7 Å². The first-order valence-electron chi connectivity index (χ1n) is 6.26. The fourth-order valence-corrected chi connectivity index (χ4v) is 2.15. The van der Waals surface area contributed by atoms with E-state index < -0.39 is 0 Å². The number of fused-ring (bicyclic) bond motifs is 1. The first-order chi connectivity index (χ1) is 8.72. The molecule has 0 spiro atoms. The van der Waals surface area contributed by atoms with Gasteiger partial charge in [0.25, 0.3) is 0 Å². The lowest BCUT2D eigenvalue weighted by atomic mass is 10.1. The van der Waals surface area contributed by atoms with Gasteiger partial charge < -0.3 is 4.74 Å². The number of halogens is 1. The van der Waals surface area contributed by atoms with Crippen LogP contribution in [0.15, 0.2) is 24.3 Å². The third-order valence-corrected chi connectivity index (χ3v) is 3.17. The van der Waals surface area contributed by atoms with Crippen LogP contribution < -0.4 is 4.74 Å². The Balaban J connectivity index is 2.21.